The van der Waals surface area contributed by atoms with Crippen LogP contribution in [0.3, 0.4) is 0 Å². The van der Waals surface area contributed by atoms with Crippen LogP contribution in [0.15, 0.2) is 74.7 Å². The number of rotatable bonds is 6. The van der Waals surface area contributed by atoms with Crippen molar-refractivity contribution < 1.29 is 14.0 Å². The molecule has 2 aromatic heterocycles. The van der Waals surface area contributed by atoms with Gasteiger partial charge in [0, 0.05) is 42.0 Å². The number of furan rings is 1. The summed E-state index contributed by atoms with van der Waals surface area (Å²) in [5, 5.41) is 5.89. The van der Waals surface area contributed by atoms with Gasteiger partial charge in [0.05, 0.1) is 4.21 Å². The van der Waals surface area contributed by atoms with E-state index in [9.17, 15) is 9.59 Å². The predicted molar refractivity (Wildman–Crippen MR) is 124 cm³/mol. The summed E-state index contributed by atoms with van der Waals surface area (Å²) in [5.74, 6) is 0.621. The summed E-state index contributed by atoms with van der Waals surface area (Å²) >= 11 is 3.36. The van der Waals surface area contributed by atoms with Gasteiger partial charge in [-0.2, -0.15) is 0 Å². The van der Waals surface area contributed by atoms with Crippen LogP contribution < -0.4 is 10.2 Å². The third-order valence-electron chi connectivity index (χ3n) is 4.74. The molecule has 152 valence electrons. The second-order valence-corrected chi connectivity index (χ2v) is 8.93. The van der Waals surface area contributed by atoms with Gasteiger partial charge in [-0.3, -0.25) is 9.59 Å². The molecular formula is C23H20N2O3S2. The van der Waals surface area contributed by atoms with Gasteiger partial charge >= 0.3 is 0 Å². The minimum Gasteiger partial charge on any atom is -0.451 e. The molecule has 5 nitrogen and oxygen atoms in total. The lowest BCUT2D eigenvalue weighted by Gasteiger charge is -2.15. The van der Waals surface area contributed by atoms with Crippen molar-refractivity contribution in [1.82, 2.24) is 0 Å². The monoisotopic (exact) mass is 436 g/mol. The molecule has 0 spiro atoms. The average Bonchev–Trinajstić information content (AvgIpc) is 3.40. The van der Waals surface area contributed by atoms with Crippen molar-refractivity contribution >= 4 is 57.3 Å². The standard InChI is InChI=1S/C23H20N2O3S2/c1-15(26)25(2)17-11-9-16(10-12-17)24-23(27)22-19(14-30-21-8-5-13-29-21)18-6-3-4-7-20(18)28-22/h3-13H,14H2,1-2H3,(H,24,27). The van der Waals surface area contributed by atoms with Crippen molar-refractivity contribution in [3.05, 3.63) is 77.4 Å². The van der Waals surface area contributed by atoms with Gasteiger partial charge in [0.25, 0.3) is 5.91 Å². The molecule has 0 aliphatic carbocycles. The Labute approximate surface area is 182 Å². The molecule has 0 aliphatic heterocycles. The summed E-state index contributed by atoms with van der Waals surface area (Å²) in [7, 11) is 1.71. The zero-order valence-corrected chi connectivity index (χ0v) is 18.2. The summed E-state index contributed by atoms with van der Waals surface area (Å²) in [6, 6.07) is 18.9. The number of hydrogen-bond acceptors (Lipinski definition) is 5. The lowest BCUT2D eigenvalue weighted by molar-refractivity contribution is -0.116. The molecule has 0 saturated heterocycles. The Morgan fingerprint density at radius 1 is 1.07 bits per heavy atom. The van der Waals surface area contributed by atoms with E-state index in [0.29, 0.717) is 22.8 Å². The van der Waals surface area contributed by atoms with Gasteiger partial charge in [-0.25, -0.2) is 0 Å². The molecule has 0 atom stereocenters. The average molecular weight is 437 g/mol. The fourth-order valence-corrected chi connectivity index (χ4v) is 4.86. The van der Waals surface area contributed by atoms with Crippen molar-refractivity contribution in [3.8, 4) is 0 Å². The van der Waals surface area contributed by atoms with Crippen molar-refractivity contribution in [1.29, 1.82) is 0 Å². The smallest absolute Gasteiger partial charge is 0.291 e. The Hall–Kier alpha value is -3.03. The van der Waals surface area contributed by atoms with Crippen molar-refractivity contribution in [2.75, 3.05) is 17.3 Å². The highest BCUT2D eigenvalue weighted by molar-refractivity contribution is 8.00. The lowest BCUT2D eigenvalue weighted by Crippen LogP contribution is -2.22. The summed E-state index contributed by atoms with van der Waals surface area (Å²) in [6.45, 7) is 1.51. The Morgan fingerprint density at radius 3 is 2.53 bits per heavy atom. The van der Waals surface area contributed by atoms with E-state index < -0.39 is 0 Å². The van der Waals surface area contributed by atoms with Crippen LogP contribution in [0, 0.1) is 0 Å². The number of carbonyl (C=O) groups excluding carboxylic acids is 2. The van der Waals surface area contributed by atoms with Crippen LogP contribution >= 0.6 is 23.1 Å². The SMILES string of the molecule is CC(=O)N(C)c1ccc(NC(=O)c2oc3ccccc3c2CSc2cccs2)cc1. The van der Waals surface area contributed by atoms with Crippen molar-refractivity contribution in [2.45, 2.75) is 16.9 Å². The maximum Gasteiger partial charge on any atom is 0.291 e. The molecule has 0 radical (unpaired) electrons. The van der Waals surface area contributed by atoms with Crippen LogP contribution in [-0.2, 0) is 10.5 Å². The van der Waals surface area contributed by atoms with Crippen LogP contribution in [0.2, 0.25) is 0 Å². The molecule has 2 amide bonds. The van der Waals surface area contributed by atoms with Gasteiger partial charge in [0.15, 0.2) is 5.76 Å². The molecule has 0 aliphatic rings. The summed E-state index contributed by atoms with van der Waals surface area (Å²) in [5.41, 5.74) is 2.98. The highest BCUT2D eigenvalue weighted by Crippen LogP contribution is 2.34. The number of benzene rings is 2. The van der Waals surface area contributed by atoms with E-state index in [4.69, 9.17) is 4.42 Å². The van der Waals surface area contributed by atoms with E-state index >= 15 is 0 Å². The van der Waals surface area contributed by atoms with Crippen molar-refractivity contribution in [3.63, 3.8) is 0 Å². The van der Waals surface area contributed by atoms with E-state index in [1.165, 1.54) is 11.1 Å². The topological polar surface area (TPSA) is 62.6 Å². The maximum atomic E-state index is 13.0. The first-order valence-electron chi connectivity index (χ1n) is 9.35. The second-order valence-electron chi connectivity index (χ2n) is 6.71. The number of amides is 2. The fourth-order valence-electron chi connectivity index (χ4n) is 3.05. The highest BCUT2D eigenvalue weighted by Gasteiger charge is 2.21. The highest BCUT2D eigenvalue weighted by atomic mass is 32.2. The second kappa shape index (κ2) is 8.77. The number of para-hydroxylation sites is 1. The lowest BCUT2D eigenvalue weighted by atomic mass is 10.1. The minimum absolute atomic E-state index is 0.0538. The Kier molecular flexibility index (Phi) is 5.92. The molecule has 0 saturated carbocycles. The zero-order valence-electron chi connectivity index (χ0n) is 16.5. The fraction of sp³-hybridized carbons (Fsp3) is 0.130. The molecule has 0 bridgehead atoms. The van der Waals surface area contributed by atoms with Gasteiger partial charge in [-0.05, 0) is 41.8 Å². The van der Waals surface area contributed by atoms with Gasteiger partial charge < -0.3 is 14.6 Å². The quantitative estimate of drug-likeness (QED) is 0.375. The first-order chi connectivity index (χ1) is 14.5. The predicted octanol–water partition coefficient (Wildman–Crippen LogP) is 6.02. The van der Waals surface area contributed by atoms with Crippen LogP contribution in [0.25, 0.3) is 11.0 Å². The van der Waals surface area contributed by atoms with Crippen molar-refractivity contribution in [2.24, 2.45) is 0 Å². The van der Waals surface area contributed by atoms with Gasteiger partial charge in [0.1, 0.15) is 5.58 Å². The number of fused-ring (bicyclic) bond motifs is 1. The number of nitrogens with one attached hydrogen (secondary N) is 1. The first kappa shape index (κ1) is 20.3. The maximum absolute atomic E-state index is 13.0. The zero-order chi connectivity index (χ0) is 21.1. The van der Waals surface area contributed by atoms with E-state index in [2.05, 4.69) is 11.4 Å². The number of nitrogens with zero attached hydrogens (tertiary/aromatic N) is 1. The number of carbonyl (C=O) groups is 2. The Morgan fingerprint density at radius 2 is 1.83 bits per heavy atom. The molecule has 4 rings (SSSR count). The third-order valence-corrected chi connectivity index (χ3v) is 6.90. The van der Waals surface area contributed by atoms with Gasteiger partial charge in [-0.15, -0.1) is 23.1 Å². The Balaban J connectivity index is 1.58. The third kappa shape index (κ3) is 4.27. The normalized spacial score (nSPS) is 10.9. The summed E-state index contributed by atoms with van der Waals surface area (Å²) in [4.78, 5) is 26.1. The molecule has 7 heteroatoms. The van der Waals surface area contributed by atoms with E-state index in [-0.39, 0.29) is 11.8 Å². The molecule has 0 unspecified atom stereocenters. The first-order valence-corrected chi connectivity index (χ1v) is 11.2. The number of thiophene rings is 1. The van der Waals surface area contributed by atoms with E-state index in [0.717, 1.165) is 16.6 Å². The largest absolute Gasteiger partial charge is 0.451 e. The summed E-state index contributed by atoms with van der Waals surface area (Å²) in [6.07, 6.45) is 0. The van der Waals surface area contributed by atoms with Gasteiger partial charge in [0.2, 0.25) is 5.91 Å². The number of hydrogen-bond donors (Lipinski definition) is 1. The van der Waals surface area contributed by atoms with Crippen LogP contribution in [0.1, 0.15) is 23.0 Å². The van der Waals surface area contributed by atoms with E-state index in [1.807, 2.05) is 35.7 Å². The summed E-state index contributed by atoms with van der Waals surface area (Å²) < 4.78 is 7.11. The van der Waals surface area contributed by atoms with Crippen LogP contribution in [-0.4, -0.2) is 18.9 Å². The Bertz CT molecular complexity index is 1180. The number of anilines is 2. The van der Waals surface area contributed by atoms with Crippen LogP contribution in [0.5, 0.6) is 0 Å². The molecule has 1 N–H and O–H groups in total. The molecule has 0 fully saturated rings. The van der Waals surface area contributed by atoms with Crippen LogP contribution in [0.4, 0.5) is 11.4 Å². The molecule has 2 heterocycles. The molecular weight excluding hydrogens is 416 g/mol. The molecule has 30 heavy (non-hydrogen) atoms. The number of thioether (sulfide) groups is 1. The minimum atomic E-state index is -0.291. The van der Waals surface area contributed by atoms with E-state index in [1.54, 1.807) is 59.3 Å². The van der Waals surface area contributed by atoms with Gasteiger partial charge in [-0.1, -0.05) is 24.3 Å². The molecule has 2 aromatic carbocycles. The molecule has 4 aromatic rings.